The maximum Gasteiger partial charge on any atom is 0.264 e. The molecule has 1 N–H and O–H groups in total. The molecule has 0 atom stereocenters. The highest BCUT2D eigenvalue weighted by Gasteiger charge is 2.19. The van der Waals surface area contributed by atoms with Crippen LogP contribution in [0.4, 0.5) is 5.13 Å². The van der Waals surface area contributed by atoms with Gasteiger partial charge in [-0.05, 0) is 41.7 Å². The molecular formula is C23H28N2O3S. The lowest BCUT2D eigenvalue weighted by molar-refractivity contribution is -0.118. The Morgan fingerprint density at radius 3 is 2.69 bits per heavy atom. The third kappa shape index (κ3) is 5.70. The average molecular weight is 413 g/mol. The number of hydrogen-bond donors (Lipinski definition) is 1. The van der Waals surface area contributed by atoms with Gasteiger partial charge in [0.1, 0.15) is 11.5 Å². The fraction of sp³-hybridized carbons (Fsp3) is 0.391. The molecule has 1 aromatic heterocycles. The molecule has 0 fully saturated rings. The van der Waals surface area contributed by atoms with Crippen LogP contribution in [0.15, 0.2) is 42.5 Å². The van der Waals surface area contributed by atoms with Gasteiger partial charge in [0.05, 0.1) is 16.8 Å². The van der Waals surface area contributed by atoms with Gasteiger partial charge in [0, 0.05) is 0 Å². The monoisotopic (exact) mass is 412 g/mol. The summed E-state index contributed by atoms with van der Waals surface area (Å²) in [5.74, 6) is 1.33. The number of rotatable bonds is 8. The number of nitrogens with zero attached hydrogens (tertiary/aromatic N) is 1. The van der Waals surface area contributed by atoms with Gasteiger partial charge in [-0.3, -0.25) is 10.1 Å². The Morgan fingerprint density at radius 2 is 1.93 bits per heavy atom. The third-order valence-corrected chi connectivity index (χ3v) is 5.36. The average Bonchev–Trinajstić information content (AvgIpc) is 3.07. The summed E-state index contributed by atoms with van der Waals surface area (Å²) in [7, 11) is 0. The molecular weight excluding hydrogens is 384 g/mol. The summed E-state index contributed by atoms with van der Waals surface area (Å²) < 4.78 is 12.5. The first-order valence-electron chi connectivity index (χ1n) is 9.92. The Bertz CT molecular complexity index is 976. The zero-order valence-electron chi connectivity index (χ0n) is 17.5. The van der Waals surface area contributed by atoms with E-state index in [1.165, 1.54) is 11.3 Å². The van der Waals surface area contributed by atoms with Crippen LogP contribution in [0.5, 0.6) is 11.5 Å². The molecule has 2 aromatic carbocycles. The molecule has 0 spiro atoms. The van der Waals surface area contributed by atoms with Crippen LogP contribution in [-0.4, -0.2) is 24.1 Å². The molecule has 0 aliphatic heterocycles. The van der Waals surface area contributed by atoms with Crippen molar-refractivity contribution in [3.05, 3.63) is 48.0 Å². The molecule has 5 nitrogen and oxygen atoms in total. The third-order valence-electron chi connectivity index (χ3n) is 4.43. The number of para-hydroxylation sites is 1. The van der Waals surface area contributed by atoms with Crippen LogP contribution in [0.2, 0.25) is 0 Å². The van der Waals surface area contributed by atoms with Crippen LogP contribution in [0.1, 0.15) is 46.1 Å². The van der Waals surface area contributed by atoms with Crippen molar-refractivity contribution in [3.8, 4) is 11.5 Å². The maximum absolute atomic E-state index is 12.4. The predicted molar refractivity (Wildman–Crippen MR) is 119 cm³/mol. The normalized spacial score (nSPS) is 11.4. The van der Waals surface area contributed by atoms with Crippen LogP contribution in [0.3, 0.4) is 0 Å². The summed E-state index contributed by atoms with van der Waals surface area (Å²) in [4.78, 5) is 16.8. The van der Waals surface area contributed by atoms with Gasteiger partial charge < -0.3 is 9.47 Å². The summed E-state index contributed by atoms with van der Waals surface area (Å²) in [6.45, 7) is 9.15. The smallest absolute Gasteiger partial charge is 0.264 e. The Labute approximate surface area is 176 Å². The second-order valence-electron chi connectivity index (χ2n) is 7.93. The summed E-state index contributed by atoms with van der Waals surface area (Å²) >= 11 is 1.43. The lowest BCUT2D eigenvalue weighted by Gasteiger charge is -2.22. The summed E-state index contributed by atoms with van der Waals surface area (Å²) in [6, 6.07) is 13.6. The summed E-state index contributed by atoms with van der Waals surface area (Å²) in [6.07, 6.45) is 2.13. The molecule has 6 heteroatoms. The van der Waals surface area contributed by atoms with Crippen molar-refractivity contribution in [3.63, 3.8) is 0 Å². The van der Waals surface area contributed by atoms with Crippen molar-refractivity contribution in [2.45, 2.75) is 46.0 Å². The van der Waals surface area contributed by atoms with E-state index in [1.54, 1.807) is 0 Å². The van der Waals surface area contributed by atoms with Crippen molar-refractivity contribution in [2.24, 2.45) is 0 Å². The second-order valence-corrected chi connectivity index (χ2v) is 8.96. The Morgan fingerprint density at radius 1 is 1.14 bits per heavy atom. The molecule has 29 heavy (non-hydrogen) atoms. The minimum atomic E-state index is -0.229. The van der Waals surface area contributed by atoms with Crippen LogP contribution in [-0.2, 0) is 10.2 Å². The number of ether oxygens (including phenoxy) is 2. The number of aromatic nitrogens is 1. The summed E-state index contributed by atoms with van der Waals surface area (Å²) in [5, 5.41) is 3.39. The minimum Gasteiger partial charge on any atom is -0.494 e. The van der Waals surface area contributed by atoms with Gasteiger partial charge in [-0.25, -0.2) is 4.98 Å². The Balaban J connectivity index is 1.62. The number of hydrogen-bond acceptors (Lipinski definition) is 5. The van der Waals surface area contributed by atoms with Crippen LogP contribution in [0, 0.1) is 0 Å². The van der Waals surface area contributed by atoms with Gasteiger partial charge in [-0.15, -0.1) is 0 Å². The summed E-state index contributed by atoms with van der Waals surface area (Å²) in [5.41, 5.74) is 1.85. The molecule has 0 radical (unpaired) electrons. The highest BCUT2D eigenvalue weighted by atomic mass is 32.1. The van der Waals surface area contributed by atoms with E-state index >= 15 is 0 Å². The predicted octanol–water partition coefficient (Wildman–Crippen LogP) is 5.79. The highest BCUT2D eigenvalue weighted by molar-refractivity contribution is 7.22. The van der Waals surface area contributed by atoms with E-state index < -0.39 is 0 Å². The number of thiazole rings is 1. The molecule has 1 amide bonds. The van der Waals surface area contributed by atoms with Crippen LogP contribution >= 0.6 is 11.3 Å². The number of unbranched alkanes of at least 4 members (excludes halogenated alkanes) is 1. The fourth-order valence-corrected chi connectivity index (χ4v) is 3.80. The van der Waals surface area contributed by atoms with Crippen molar-refractivity contribution in [1.82, 2.24) is 4.98 Å². The number of nitrogens with one attached hydrogen (secondary N) is 1. The van der Waals surface area contributed by atoms with Gasteiger partial charge in [-0.1, -0.05) is 63.7 Å². The van der Waals surface area contributed by atoms with Crippen LogP contribution < -0.4 is 14.8 Å². The molecule has 154 valence electrons. The van der Waals surface area contributed by atoms with Crippen molar-refractivity contribution in [2.75, 3.05) is 18.5 Å². The van der Waals surface area contributed by atoms with E-state index in [0.717, 1.165) is 40.1 Å². The number of fused-ring (bicyclic) bond motifs is 1. The quantitative estimate of drug-likeness (QED) is 0.476. The van der Waals surface area contributed by atoms with Crippen molar-refractivity contribution >= 4 is 32.6 Å². The molecule has 0 aliphatic carbocycles. The fourth-order valence-electron chi connectivity index (χ4n) is 2.89. The molecule has 3 rings (SSSR count). The first-order valence-corrected chi connectivity index (χ1v) is 10.7. The van der Waals surface area contributed by atoms with E-state index in [-0.39, 0.29) is 17.9 Å². The van der Waals surface area contributed by atoms with Gasteiger partial charge in [0.25, 0.3) is 5.91 Å². The molecule has 3 aromatic rings. The molecule has 0 unspecified atom stereocenters. The maximum atomic E-state index is 12.4. The van der Waals surface area contributed by atoms with Gasteiger partial charge in [-0.2, -0.15) is 0 Å². The van der Waals surface area contributed by atoms with E-state index in [1.807, 2.05) is 42.5 Å². The number of carbonyl (C=O) groups is 1. The first-order chi connectivity index (χ1) is 13.9. The van der Waals surface area contributed by atoms with E-state index in [2.05, 4.69) is 38.0 Å². The van der Waals surface area contributed by atoms with E-state index in [9.17, 15) is 4.79 Å². The van der Waals surface area contributed by atoms with Gasteiger partial charge in [0.2, 0.25) is 0 Å². The van der Waals surface area contributed by atoms with E-state index in [0.29, 0.717) is 11.7 Å². The van der Waals surface area contributed by atoms with E-state index in [4.69, 9.17) is 9.47 Å². The molecule has 0 aliphatic rings. The zero-order valence-corrected chi connectivity index (χ0v) is 18.3. The molecule has 1 heterocycles. The Hall–Kier alpha value is -2.60. The molecule has 0 saturated carbocycles. The standard InChI is InChI=1S/C23H28N2O3S/c1-5-6-13-27-16-11-12-18-20(14-16)29-22(24-18)25-21(26)15-28-19-10-8-7-9-17(19)23(2,3)4/h7-12,14H,5-6,13,15H2,1-4H3,(H,24,25,26). The Kier molecular flexibility index (Phi) is 6.75. The molecule has 0 saturated heterocycles. The number of amides is 1. The van der Waals surface area contributed by atoms with Crippen molar-refractivity contribution < 1.29 is 14.3 Å². The van der Waals surface area contributed by atoms with Crippen molar-refractivity contribution in [1.29, 1.82) is 0 Å². The number of benzene rings is 2. The SMILES string of the molecule is CCCCOc1ccc2nc(NC(=O)COc3ccccc3C(C)(C)C)sc2c1. The zero-order chi connectivity index (χ0) is 20.9. The topological polar surface area (TPSA) is 60.5 Å². The lowest BCUT2D eigenvalue weighted by atomic mass is 9.86. The largest absolute Gasteiger partial charge is 0.494 e. The van der Waals surface area contributed by atoms with Gasteiger partial charge >= 0.3 is 0 Å². The molecule has 0 bridgehead atoms. The van der Waals surface area contributed by atoms with Gasteiger partial charge in [0.15, 0.2) is 11.7 Å². The highest BCUT2D eigenvalue weighted by Crippen LogP contribution is 2.31. The second kappa shape index (κ2) is 9.27. The minimum absolute atomic E-state index is 0.0585. The number of anilines is 1. The first kappa shape index (κ1) is 21.1. The number of carbonyl (C=O) groups excluding carboxylic acids is 1. The lowest BCUT2D eigenvalue weighted by Crippen LogP contribution is -2.21. The van der Waals surface area contributed by atoms with Crippen LogP contribution in [0.25, 0.3) is 10.2 Å².